The zero-order chi connectivity index (χ0) is 11.4. The highest BCUT2D eigenvalue weighted by Gasteiger charge is 2.08. The maximum absolute atomic E-state index is 11.8. The van der Waals surface area contributed by atoms with Crippen molar-refractivity contribution in [2.24, 2.45) is 0 Å². The van der Waals surface area contributed by atoms with Crippen LogP contribution in [0, 0.1) is 0 Å². The van der Waals surface area contributed by atoms with E-state index in [1.807, 2.05) is 13.8 Å². The van der Waals surface area contributed by atoms with Crippen LogP contribution < -0.4 is 17.0 Å². The van der Waals surface area contributed by atoms with Crippen LogP contribution in [0.3, 0.4) is 0 Å². The van der Waals surface area contributed by atoms with Gasteiger partial charge < -0.3 is 5.73 Å². The topological polar surface area (TPSA) is 70.0 Å². The lowest BCUT2D eigenvalue weighted by Crippen LogP contribution is -2.35. The molecule has 84 valence electrons. The molecule has 15 heavy (non-hydrogen) atoms. The van der Waals surface area contributed by atoms with Gasteiger partial charge in [0.05, 0.1) is 0 Å². The molecule has 0 fully saturated rings. The summed E-state index contributed by atoms with van der Waals surface area (Å²) >= 11 is 2.46. The van der Waals surface area contributed by atoms with Crippen LogP contribution in [0.25, 0.3) is 0 Å². The highest BCUT2D eigenvalue weighted by molar-refractivity contribution is 7.98. The molecule has 0 spiro atoms. The van der Waals surface area contributed by atoms with Gasteiger partial charge in [-0.3, -0.25) is 4.79 Å². The Morgan fingerprint density at radius 1 is 1.20 bits per heavy atom. The van der Waals surface area contributed by atoms with Gasteiger partial charge in [-0.25, -0.2) is 8.77 Å². The van der Waals surface area contributed by atoms with Crippen LogP contribution in [-0.2, 0) is 0 Å². The van der Waals surface area contributed by atoms with Crippen molar-refractivity contribution < 1.29 is 0 Å². The molecular weight excluding hydrogens is 234 g/mol. The molecule has 0 bridgehead atoms. The van der Waals surface area contributed by atoms with Crippen LogP contribution in [0.1, 0.15) is 13.8 Å². The molecule has 0 unspecified atom stereocenters. The molecule has 1 aromatic rings. The first-order valence-corrected chi connectivity index (χ1v) is 6.41. The standard InChI is InChI=1S/C8H13N3O2S2/c1-3-14-10-6(9)5-7(12)11(8(10)13)15-4-2/h5H,3-4,9H2,1-2H3. The fourth-order valence-electron chi connectivity index (χ4n) is 1.04. The smallest absolute Gasteiger partial charge is 0.353 e. The Morgan fingerprint density at radius 2 is 1.73 bits per heavy atom. The first-order valence-electron chi connectivity index (χ1n) is 4.53. The number of aromatic nitrogens is 2. The molecule has 1 heterocycles. The van der Waals surface area contributed by atoms with E-state index in [0.29, 0.717) is 5.75 Å². The number of nitrogens with zero attached hydrogens (tertiary/aromatic N) is 2. The van der Waals surface area contributed by atoms with Crippen molar-refractivity contribution in [1.82, 2.24) is 7.94 Å². The summed E-state index contributed by atoms with van der Waals surface area (Å²) in [5.74, 6) is 1.58. The van der Waals surface area contributed by atoms with Crippen molar-refractivity contribution in [3.8, 4) is 0 Å². The van der Waals surface area contributed by atoms with Gasteiger partial charge in [-0.1, -0.05) is 13.8 Å². The summed E-state index contributed by atoms with van der Waals surface area (Å²) in [7, 11) is 0. The van der Waals surface area contributed by atoms with E-state index in [4.69, 9.17) is 5.73 Å². The Morgan fingerprint density at radius 3 is 2.27 bits per heavy atom. The number of hydrogen-bond donors (Lipinski definition) is 1. The maximum Gasteiger partial charge on any atom is 0.353 e. The van der Waals surface area contributed by atoms with Gasteiger partial charge in [0.25, 0.3) is 5.56 Å². The SMILES string of the molecule is CCSn1c(N)cc(=O)n(SCC)c1=O. The first-order chi connectivity index (χ1) is 7.11. The van der Waals surface area contributed by atoms with Crippen molar-refractivity contribution >= 4 is 29.7 Å². The minimum Gasteiger partial charge on any atom is -0.384 e. The van der Waals surface area contributed by atoms with Gasteiger partial charge in [0, 0.05) is 17.6 Å². The lowest BCUT2D eigenvalue weighted by atomic mass is 10.6. The first kappa shape index (κ1) is 12.3. The highest BCUT2D eigenvalue weighted by atomic mass is 32.2. The Kier molecular flexibility index (Phi) is 4.34. The molecule has 2 N–H and O–H groups in total. The van der Waals surface area contributed by atoms with Gasteiger partial charge in [-0.2, -0.15) is 3.97 Å². The summed E-state index contributed by atoms with van der Waals surface area (Å²) in [6, 6.07) is 1.27. The summed E-state index contributed by atoms with van der Waals surface area (Å²) in [6.07, 6.45) is 0. The second-order valence-corrected chi connectivity index (χ2v) is 5.02. The monoisotopic (exact) mass is 247 g/mol. The molecule has 7 heteroatoms. The van der Waals surface area contributed by atoms with E-state index in [1.165, 1.54) is 33.9 Å². The van der Waals surface area contributed by atoms with Crippen LogP contribution in [0.2, 0.25) is 0 Å². The predicted molar refractivity (Wildman–Crippen MR) is 66.4 cm³/mol. The van der Waals surface area contributed by atoms with Gasteiger partial charge in [-0.05, 0) is 23.9 Å². The van der Waals surface area contributed by atoms with Crippen LogP contribution in [0.5, 0.6) is 0 Å². The van der Waals surface area contributed by atoms with Gasteiger partial charge >= 0.3 is 5.69 Å². The summed E-state index contributed by atoms with van der Waals surface area (Å²) in [5, 5.41) is 0. The van der Waals surface area contributed by atoms with Crippen molar-refractivity contribution in [3.63, 3.8) is 0 Å². The minimum atomic E-state index is -0.376. The lowest BCUT2D eigenvalue weighted by molar-refractivity contribution is 0.948. The second-order valence-electron chi connectivity index (χ2n) is 2.61. The summed E-state index contributed by atoms with van der Waals surface area (Å²) in [6.45, 7) is 3.79. The second kappa shape index (κ2) is 5.32. The van der Waals surface area contributed by atoms with Gasteiger partial charge in [0.15, 0.2) is 0 Å². The lowest BCUT2D eigenvalue weighted by Gasteiger charge is -2.09. The van der Waals surface area contributed by atoms with E-state index in [2.05, 4.69) is 0 Å². The Labute approximate surface area is 95.9 Å². The van der Waals surface area contributed by atoms with E-state index in [1.54, 1.807) is 0 Å². The summed E-state index contributed by atoms with van der Waals surface area (Å²) < 4.78 is 2.46. The van der Waals surface area contributed by atoms with E-state index >= 15 is 0 Å². The van der Waals surface area contributed by atoms with Gasteiger partial charge in [0.2, 0.25) is 0 Å². The van der Waals surface area contributed by atoms with Crippen LogP contribution in [0.15, 0.2) is 15.7 Å². The Bertz CT molecular complexity index is 452. The summed E-state index contributed by atoms with van der Waals surface area (Å²) in [5.41, 5.74) is 4.85. The molecule has 0 aliphatic carbocycles. The fourth-order valence-corrected chi connectivity index (χ4v) is 2.37. The average molecular weight is 247 g/mol. The van der Waals surface area contributed by atoms with Crippen molar-refractivity contribution in [1.29, 1.82) is 0 Å². The largest absolute Gasteiger partial charge is 0.384 e. The van der Waals surface area contributed by atoms with Crippen molar-refractivity contribution in [3.05, 3.63) is 26.9 Å². The third-order valence-electron chi connectivity index (χ3n) is 1.57. The predicted octanol–water partition coefficient (Wildman–Crippen LogP) is 0.625. The van der Waals surface area contributed by atoms with E-state index in [9.17, 15) is 9.59 Å². The molecule has 0 saturated heterocycles. The van der Waals surface area contributed by atoms with Crippen molar-refractivity contribution in [2.45, 2.75) is 13.8 Å². The number of nitrogen functional groups attached to an aromatic ring is 1. The molecule has 0 aliphatic rings. The quantitative estimate of drug-likeness (QED) is 0.845. The average Bonchev–Trinajstić information content (AvgIpc) is 2.19. The maximum atomic E-state index is 11.8. The zero-order valence-corrected chi connectivity index (χ0v) is 10.2. The number of nitrogens with two attached hydrogens (primary N) is 1. The van der Waals surface area contributed by atoms with E-state index in [0.717, 1.165) is 9.73 Å². The zero-order valence-electron chi connectivity index (χ0n) is 8.60. The van der Waals surface area contributed by atoms with Crippen molar-refractivity contribution in [2.75, 3.05) is 17.2 Å². The van der Waals surface area contributed by atoms with E-state index in [-0.39, 0.29) is 17.1 Å². The van der Waals surface area contributed by atoms with Gasteiger partial charge in [0.1, 0.15) is 5.82 Å². The number of rotatable bonds is 4. The molecule has 0 radical (unpaired) electrons. The van der Waals surface area contributed by atoms with Crippen LogP contribution in [0.4, 0.5) is 5.82 Å². The number of anilines is 1. The molecule has 0 aliphatic heterocycles. The molecule has 0 aromatic carbocycles. The fraction of sp³-hybridized carbons (Fsp3) is 0.500. The number of hydrogen-bond acceptors (Lipinski definition) is 5. The Balaban J connectivity index is 3.36. The van der Waals surface area contributed by atoms with Gasteiger partial charge in [-0.15, -0.1) is 0 Å². The molecule has 1 aromatic heterocycles. The minimum absolute atomic E-state index is 0.199. The molecule has 5 nitrogen and oxygen atoms in total. The normalized spacial score (nSPS) is 10.5. The molecular formula is C8H13N3O2S2. The third-order valence-corrected chi connectivity index (χ3v) is 3.31. The molecule has 0 amide bonds. The van der Waals surface area contributed by atoms with Crippen LogP contribution in [-0.4, -0.2) is 19.5 Å². The van der Waals surface area contributed by atoms with E-state index < -0.39 is 0 Å². The van der Waals surface area contributed by atoms with Crippen LogP contribution >= 0.6 is 23.9 Å². The molecule has 0 atom stereocenters. The molecule has 0 saturated carbocycles. The Hall–Kier alpha value is -0.820. The molecule has 1 rings (SSSR count). The third kappa shape index (κ3) is 2.60. The summed E-state index contributed by atoms with van der Waals surface area (Å²) in [4.78, 5) is 23.2. The highest BCUT2D eigenvalue weighted by Crippen LogP contribution is 2.08.